The van der Waals surface area contributed by atoms with Crippen molar-refractivity contribution >= 4 is 23.2 Å². The van der Waals surface area contributed by atoms with Crippen molar-refractivity contribution in [3.05, 3.63) is 59.9 Å². The molecule has 0 radical (unpaired) electrons. The minimum Gasteiger partial charge on any atom is -0.325 e. The van der Waals surface area contributed by atoms with Crippen molar-refractivity contribution in [3.8, 4) is 0 Å². The molecular weight excluding hydrogens is 352 g/mol. The first-order chi connectivity index (χ1) is 12.2. The number of hydrogen-bond donors (Lipinski definition) is 1. The Kier molecular flexibility index (Phi) is 5.97. The molecule has 0 aromatic heterocycles. The predicted octanol–water partition coefficient (Wildman–Crippen LogP) is 4.23. The molecule has 0 spiro atoms. The van der Waals surface area contributed by atoms with E-state index in [4.69, 9.17) is 0 Å². The number of amides is 2. The Bertz CT molecular complexity index is 789. The van der Waals surface area contributed by atoms with Crippen molar-refractivity contribution in [2.24, 2.45) is 0 Å². The van der Waals surface area contributed by atoms with Crippen LogP contribution >= 0.6 is 0 Å². The van der Waals surface area contributed by atoms with Crippen LogP contribution in [0.15, 0.2) is 48.5 Å². The fourth-order valence-electron chi connectivity index (χ4n) is 2.35. The van der Waals surface area contributed by atoms with Gasteiger partial charge in [-0.2, -0.15) is 13.2 Å². The topological polar surface area (TPSA) is 49.4 Å². The molecule has 0 fully saturated rings. The van der Waals surface area contributed by atoms with E-state index in [1.54, 1.807) is 0 Å². The summed E-state index contributed by atoms with van der Waals surface area (Å²) in [5, 5.41) is 2.22. The summed E-state index contributed by atoms with van der Waals surface area (Å²) in [5.41, 5.74) is -0.904. The number of para-hydroxylation sites is 1. The van der Waals surface area contributed by atoms with Crippen LogP contribution < -0.4 is 10.2 Å². The number of benzene rings is 2. The molecule has 0 atom stereocenters. The fourth-order valence-corrected chi connectivity index (χ4v) is 2.35. The highest BCUT2D eigenvalue weighted by Crippen LogP contribution is 2.34. The van der Waals surface area contributed by atoms with Gasteiger partial charge in [0.05, 0.1) is 11.3 Å². The van der Waals surface area contributed by atoms with Gasteiger partial charge in [-0.1, -0.05) is 12.1 Å². The Hall–Kier alpha value is -2.90. The van der Waals surface area contributed by atoms with Gasteiger partial charge in [0.15, 0.2) is 0 Å². The van der Waals surface area contributed by atoms with E-state index in [9.17, 15) is 27.2 Å². The average molecular weight is 368 g/mol. The van der Waals surface area contributed by atoms with Crippen molar-refractivity contribution < 1.29 is 27.2 Å². The van der Waals surface area contributed by atoms with Crippen LogP contribution in [0, 0.1) is 5.82 Å². The number of carbonyl (C=O) groups is 2. The number of nitrogens with zero attached hydrogens (tertiary/aromatic N) is 1. The molecule has 2 rings (SSSR count). The molecule has 138 valence electrons. The SMILES string of the molecule is CC(=O)N(CCC(=O)Nc1ccccc1C(F)(F)F)c1ccc(F)cc1. The van der Waals surface area contributed by atoms with Gasteiger partial charge in [-0.05, 0) is 36.4 Å². The molecule has 0 saturated heterocycles. The number of alkyl halides is 3. The zero-order chi connectivity index (χ0) is 19.3. The van der Waals surface area contributed by atoms with E-state index in [1.165, 1.54) is 48.2 Å². The van der Waals surface area contributed by atoms with Crippen molar-refractivity contribution in [2.45, 2.75) is 19.5 Å². The predicted molar refractivity (Wildman–Crippen MR) is 89.1 cm³/mol. The fraction of sp³-hybridized carbons (Fsp3) is 0.222. The zero-order valence-corrected chi connectivity index (χ0v) is 13.8. The third kappa shape index (κ3) is 5.05. The first-order valence-electron chi connectivity index (χ1n) is 7.68. The number of hydrogen-bond acceptors (Lipinski definition) is 2. The minimum atomic E-state index is -4.59. The Morgan fingerprint density at radius 2 is 1.65 bits per heavy atom. The molecule has 0 aliphatic rings. The third-order valence-electron chi connectivity index (χ3n) is 3.59. The molecule has 0 bridgehead atoms. The van der Waals surface area contributed by atoms with Gasteiger partial charge in [0.2, 0.25) is 11.8 Å². The van der Waals surface area contributed by atoms with Gasteiger partial charge >= 0.3 is 6.18 Å². The molecule has 0 heterocycles. The Balaban J connectivity index is 2.06. The average Bonchev–Trinajstić information content (AvgIpc) is 2.56. The Labute approximate surface area is 147 Å². The van der Waals surface area contributed by atoms with Gasteiger partial charge in [0.25, 0.3) is 0 Å². The summed E-state index contributed by atoms with van der Waals surface area (Å²) >= 11 is 0. The van der Waals surface area contributed by atoms with Gasteiger partial charge in [0, 0.05) is 25.6 Å². The van der Waals surface area contributed by atoms with E-state index >= 15 is 0 Å². The Morgan fingerprint density at radius 1 is 1.04 bits per heavy atom. The molecule has 26 heavy (non-hydrogen) atoms. The van der Waals surface area contributed by atoms with E-state index < -0.39 is 23.5 Å². The van der Waals surface area contributed by atoms with E-state index in [0.29, 0.717) is 5.69 Å². The second-order valence-electron chi connectivity index (χ2n) is 5.49. The van der Waals surface area contributed by atoms with Crippen LogP contribution in [0.4, 0.5) is 28.9 Å². The number of rotatable bonds is 5. The monoisotopic (exact) mass is 368 g/mol. The molecule has 2 amide bonds. The zero-order valence-electron chi connectivity index (χ0n) is 13.8. The van der Waals surface area contributed by atoms with Gasteiger partial charge in [-0.3, -0.25) is 9.59 Å². The summed E-state index contributed by atoms with van der Waals surface area (Å²) in [7, 11) is 0. The molecule has 2 aromatic carbocycles. The van der Waals surface area contributed by atoms with E-state index in [-0.39, 0.29) is 24.6 Å². The second-order valence-corrected chi connectivity index (χ2v) is 5.49. The van der Waals surface area contributed by atoms with Crippen LogP contribution in [0.3, 0.4) is 0 Å². The van der Waals surface area contributed by atoms with E-state index in [0.717, 1.165) is 12.1 Å². The number of anilines is 2. The van der Waals surface area contributed by atoms with Crippen LogP contribution in [0.5, 0.6) is 0 Å². The lowest BCUT2D eigenvalue weighted by molar-refractivity contribution is -0.137. The summed E-state index contributed by atoms with van der Waals surface area (Å²) in [6.45, 7) is 1.22. The lowest BCUT2D eigenvalue weighted by Gasteiger charge is -2.21. The lowest BCUT2D eigenvalue weighted by Crippen LogP contribution is -2.32. The van der Waals surface area contributed by atoms with Crippen LogP contribution in [0.2, 0.25) is 0 Å². The smallest absolute Gasteiger partial charge is 0.325 e. The van der Waals surface area contributed by atoms with Gasteiger partial charge in [-0.15, -0.1) is 0 Å². The standard InChI is InChI=1S/C18H16F4N2O2/c1-12(25)24(14-8-6-13(19)7-9-14)11-10-17(26)23-16-5-3-2-4-15(16)18(20,21)22/h2-9H,10-11H2,1H3,(H,23,26). The van der Waals surface area contributed by atoms with Crippen LogP contribution in [0.25, 0.3) is 0 Å². The van der Waals surface area contributed by atoms with Crippen molar-refractivity contribution in [1.29, 1.82) is 0 Å². The van der Waals surface area contributed by atoms with E-state index in [2.05, 4.69) is 5.32 Å². The van der Waals surface area contributed by atoms with Crippen LogP contribution in [0.1, 0.15) is 18.9 Å². The summed E-state index contributed by atoms with van der Waals surface area (Å²) in [5.74, 6) is -1.52. The maximum Gasteiger partial charge on any atom is 0.418 e. The van der Waals surface area contributed by atoms with Crippen LogP contribution in [-0.2, 0) is 15.8 Å². The first kappa shape index (κ1) is 19.4. The summed E-state index contributed by atoms with van der Waals surface area (Å²) < 4.78 is 51.8. The summed E-state index contributed by atoms with van der Waals surface area (Å²) in [4.78, 5) is 25.0. The molecule has 8 heteroatoms. The number of nitrogens with one attached hydrogen (secondary N) is 1. The molecule has 4 nitrogen and oxygen atoms in total. The van der Waals surface area contributed by atoms with Crippen molar-refractivity contribution in [3.63, 3.8) is 0 Å². The highest BCUT2D eigenvalue weighted by Gasteiger charge is 2.33. The maximum atomic E-state index is 13.0. The summed E-state index contributed by atoms with van der Waals surface area (Å²) in [6.07, 6.45) is -4.81. The normalized spacial score (nSPS) is 11.1. The number of carbonyl (C=O) groups excluding carboxylic acids is 2. The minimum absolute atomic E-state index is 0.0546. The second kappa shape index (κ2) is 7.99. The molecular formula is C18H16F4N2O2. The van der Waals surface area contributed by atoms with Crippen molar-refractivity contribution in [2.75, 3.05) is 16.8 Å². The molecule has 0 saturated carbocycles. The third-order valence-corrected chi connectivity index (χ3v) is 3.59. The van der Waals surface area contributed by atoms with Gasteiger partial charge in [-0.25, -0.2) is 4.39 Å². The van der Waals surface area contributed by atoms with E-state index in [1.807, 2.05) is 0 Å². The largest absolute Gasteiger partial charge is 0.418 e. The highest BCUT2D eigenvalue weighted by molar-refractivity contribution is 5.95. The molecule has 0 unspecified atom stereocenters. The summed E-state index contributed by atoms with van der Waals surface area (Å²) in [6, 6.07) is 9.74. The quantitative estimate of drug-likeness (QED) is 0.803. The van der Waals surface area contributed by atoms with Crippen LogP contribution in [-0.4, -0.2) is 18.4 Å². The molecule has 0 aliphatic carbocycles. The highest BCUT2D eigenvalue weighted by atomic mass is 19.4. The lowest BCUT2D eigenvalue weighted by atomic mass is 10.1. The number of halogens is 4. The van der Waals surface area contributed by atoms with Crippen molar-refractivity contribution in [1.82, 2.24) is 0 Å². The Morgan fingerprint density at radius 3 is 2.23 bits per heavy atom. The molecule has 0 aliphatic heterocycles. The molecule has 2 aromatic rings. The maximum absolute atomic E-state index is 13.0. The van der Waals surface area contributed by atoms with Gasteiger partial charge < -0.3 is 10.2 Å². The molecule has 1 N–H and O–H groups in total. The first-order valence-corrected chi connectivity index (χ1v) is 7.68. The van der Waals surface area contributed by atoms with Gasteiger partial charge in [0.1, 0.15) is 5.82 Å².